The van der Waals surface area contributed by atoms with Gasteiger partial charge in [-0.25, -0.2) is 0 Å². The van der Waals surface area contributed by atoms with Crippen LogP contribution in [-0.4, -0.2) is 72.8 Å². The highest BCUT2D eigenvalue weighted by Crippen LogP contribution is 2.19. The normalized spacial score (nSPS) is 20.2. The average molecular weight is 329 g/mol. The summed E-state index contributed by atoms with van der Waals surface area (Å²) < 4.78 is 0. The van der Waals surface area contributed by atoms with E-state index in [1.165, 1.54) is 0 Å². The fourth-order valence-corrected chi connectivity index (χ4v) is 3.34. The van der Waals surface area contributed by atoms with Crippen molar-refractivity contribution >= 4 is 11.8 Å². The zero-order valence-corrected chi connectivity index (χ0v) is 14.7. The predicted octanol–water partition coefficient (Wildman–Crippen LogP) is 1.95. The molecule has 0 unspecified atom stereocenters. The van der Waals surface area contributed by atoms with Crippen molar-refractivity contribution in [1.29, 1.82) is 0 Å². The number of amides is 2. The van der Waals surface area contributed by atoms with Crippen molar-refractivity contribution in [2.45, 2.75) is 19.8 Å². The SMILES string of the molecule is CC1CCN(C(=O)c2ccc(C(=O)N3CCN(C)CC3)cc2)CC1. The van der Waals surface area contributed by atoms with Gasteiger partial charge in [0.05, 0.1) is 0 Å². The van der Waals surface area contributed by atoms with Gasteiger partial charge in [0, 0.05) is 50.4 Å². The van der Waals surface area contributed by atoms with Crippen LogP contribution in [0, 0.1) is 5.92 Å². The zero-order valence-electron chi connectivity index (χ0n) is 14.7. The molecule has 0 spiro atoms. The van der Waals surface area contributed by atoms with Crippen LogP contribution in [0.1, 0.15) is 40.5 Å². The monoisotopic (exact) mass is 329 g/mol. The Balaban J connectivity index is 1.62. The van der Waals surface area contributed by atoms with Gasteiger partial charge < -0.3 is 14.7 Å². The molecular formula is C19H27N3O2. The van der Waals surface area contributed by atoms with Crippen LogP contribution in [0.5, 0.6) is 0 Å². The first-order chi connectivity index (χ1) is 11.5. The number of hydrogen-bond acceptors (Lipinski definition) is 3. The van der Waals surface area contributed by atoms with E-state index in [0.29, 0.717) is 17.0 Å². The lowest BCUT2D eigenvalue weighted by molar-refractivity contribution is 0.0660. The zero-order chi connectivity index (χ0) is 17.1. The quantitative estimate of drug-likeness (QED) is 0.833. The Hall–Kier alpha value is -1.88. The first-order valence-corrected chi connectivity index (χ1v) is 8.92. The van der Waals surface area contributed by atoms with Crippen LogP contribution in [0.15, 0.2) is 24.3 Å². The Morgan fingerprint density at radius 2 is 1.21 bits per heavy atom. The molecular weight excluding hydrogens is 302 g/mol. The number of likely N-dealkylation sites (tertiary alicyclic amines) is 1. The van der Waals surface area contributed by atoms with Crippen LogP contribution < -0.4 is 0 Å². The summed E-state index contributed by atoms with van der Waals surface area (Å²) in [5.41, 5.74) is 1.35. The topological polar surface area (TPSA) is 43.9 Å². The molecule has 0 saturated carbocycles. The molecule has 0 aliphatic carbocycles. The second kappa shape index (κ2) is 7.34. The number of carbonyl (C=O) groups is 2. The molecule has 130 valence electrons. The Kier molecular flexibility index (Phi) is 5.19. The number of hydrogen-bond donors (Lipinski definition) is 0. The fraction of sp³-hybridized carbons (Fsp3) is 0.579. The molecule has 3 rings (SSSR count). The average Bonchev–Trinajstić information content (AvgIpc) is 2.62. The van der Waals surface area contributed by atoms with E-state index in [-0.39, 0.29) is 11.8 Å². The van der Waals surface area contributed by atoms with Gasteiger partial charge in [-0.15, -0.1) is 0 Å². The van der Waals surface area contributed by atoms with Crippen LogP contribution in [0.4, 0.5) is 0 Å². The van der Waals surface area contributed by atoms with Crippen molar-refractivity contribution < 1.29 is 9.59 Å². The van der Waals surface area contributed by atoms with E-state index in [1.54, 1.807) is 24.3 Å². The molecule has 1 aromatic carbocycles. The Morgan fingerprint density at radius 1 is 0.792 bits per heavy atom. The minimum Gasteiger partial charge on any atom is -0.339 e. The van der Waals surface area contributed by atoms with E-state index in [2.05, 4.69) is 18.9 Å². The predicted molar refractivity (Wildman–Crippen MR) is 94.1 cm³/mol. The lowest BCUT2D eigenvalue weighted by Gasteiger charge is -2.32. The van der Waals surface area contributed by atoms with Gasteiger partial charge in [-0.1, -0.05) is 6.92 Å². The number of piperazine rings is 1. The van der Waals surface area contributed by atoms with Gasteiger partial charge in [0.15, 0.2) is 0 Å². The third-order valence-corrected chi connectivity index (χ3v) is 5.24. The molecule has 0 aromatic heterocycles. The van der Waals surface area contributed by atoms with Crippen molar-refractivity contribution in [2.24, 2.45) is 5.92 Å². The van der Waals surface area contributed by atoms with Gasteiger partial charge in [0.2, 0.25) is 0 Å². The summed E-state index contributed by atoms with van der Waals surface area (Å²) >= 11 is 0. The number of piperidine rings is 1. The second-order valence-electron chi connectivity index (χ2n) is 7.15. The number of benzene rings is 1. The molecule has 2 aliphatic rings. The van der Waals surface area contributed by atoms with Crippen LogP contribution in [-0.2, 0) is 0 Å². The van der Waals surface area contributed by atoms with Crippen molar-refractivity contribution in [3.8, 4) is 0 Å². The molecule has 1 aromatic rings. The maximum atomic E-state index is 12.6. The number of nitrogens with zero attached hydrogens (tertiary/aromatic N) is 3. The molecule has 2 amide bonds. The summed E-state index contributed by atoms with van der Waals surface area (Å²) in [5, 5.41) is 0. The van der Waals surface area contributed by atoms with E-state index >= 15 is 0 Å². The number of likely N-dealkylation sites (N-methyl/N-ethyl adjacent to an activating group) is 1. The molecule has 5 heteroatoms. The van der Waals surface area contributed by atoms with E-state index in [1.807, 2.05) is 9.80 Å². The van der Waals surface area contributed by atoms with Crippen LogP contribution >= 0.6 is 0 Å². The standard InChI is InChI=1S/C19H27N3O2/c1-15-7-9-21(10-8-15)18(23)16-3-5-17(6-4-16)19(24)22-13-11-20(2)12-14-22/h3-6,15H,7-14H2,1-2H3. The van der Waals surface area contributed by atoms with Crippen LogP contribution in [0.3, 0.4) is 0 Å². The van der Waals surface area contributed by atoms with E-state index in [0.717, 1.165) is 52.1 Å². The summed E-state index contributed by atoms with van der Waals surface area (Å²) in [5.74, 6) is 0.854. The summed E-state index contributed by atoms with van der Waals surface area (Å²) in [6.07, 6.45) is 2.15. The summed E-state index contributed by atoms with van der Waals surface area (Å²) in [6.45, 7) is 7.26. The van der Waals surface area contributed by atoms with Crippen LogP contribution in [0.25, 0.3) is 0 Å². The van der Waals surface area contributed by atoms with E-state index in [4.69, 9.17) is 0 Å². The van der Waals surface area contributed by atoms with Gasteiger partial charge in [0.25, 0.3) is 11.8 Å². The highest BCUT2D eigenvalue weighted by atomic mass is 16.2. The van der Waals surface area contributed by atoms with Crippen molar-refractivity contribution in [2.75, 3.05) is 46.3 Å². The van der Waals surface area contributed by atoms with Gasteiger partial charge in [0.1, 0.15) is 0 Å². The van der Waals surface area contributed by atoms with E-state index in [9.17, 15) is 9.59 Å². The van der Waals surface area contributed by atoms with Gasteiger partial charge in [-0.2, -0.15) is 0 Å². The molecule has 0 bridgehead atoms. The highest BCUT2D eigenvalue weighted by Gasteiger charge is 2.23. The molecule has 0 N–H and O–H groups in total. The van der Waals surface area contributed by atoms with Crippen LogP contribution in [0.2, 0.25) is 0 Å². The highest BCUT2D eigenvalue weighted by molar-refractivity contribution is 5.97. The van der Waals surface area contributed by atoms with E-state index < -0.39 is 0 Å². The molecule has 0 atom stereocenters. The Morgan fingerprint density at radius 3 is 1.67 bits per heavy atom. The Labute approximate surface area is 144 Å². The lowest BCUT2D eigenvalue weighted by Crippen LogP contribution is -2.47. The maximum absolute atomic E-state index is 12.6. The minimum atomic E-state index is 0.0638. The molecule has 24 heavy (non-hydrogen) atoms. The van der Waals surface area contributed by atoms with Gasteiger partial charge >= 0.3 is 0 Å². The molecule has 0 radical (unpaired) electrons. The smallest absolute Gasteiger partial charge is 0.253 e. The molecule has 2 fully saturated rings. The molecule has 2 aliphatic heterocycles. The van der Waals surface area contributed by atoms with Crippen molar-refractivity contribution in [1.82, 2.24) is 14.7 Å². The molecule has 5 nitrogen and oxygen atoms in total. The van der Waals surface area contributed by atoms with Crippen molar-refractivity contribution in [3.63, 3.8) is 0 Å². The largest absolute Gasteiger partial charge is 0.339 e. The Bertz CT molecular complexity index is 530. The first-order valence-electron chi connectivity index (χ1n) is 8.92. The number of carbonyl (C=O) groups excluding carboxylic acids is 2. The lowest BCUT2D eigenvalue weighted by atomic mass is 9.98. The maximum Gasteiger partial charge on any atom is 0.253 e. The van der Waals surface area contributed by atoms with Gasteiger partial charge in [-0.3, -0.25) is 9.59 Å². The first kappa shape index (κ1) is 17.0. The van der Waals surface area contributed by atoms with Gasteiger partial charge in [-0.05, 0) is 50.1 Å². The molecule has 2 saturated heterocycles. The third-order valence-electron chi connectivity index (χ3n) is 5.24. The number of rotatable bonds is 2. The second-order valence-corrected chi connectivity index (χ2v) is 7.15. The van der Waals surface area contributed by atoms with Crippen molar-refractivity contribution in [3.05, 3.63) is 35.4 Å². The summed E-state index contributed by atoms with van der Waals surface area (Å²) in [7, 11) is 2.07. The fourth-order valence-electron chi connectivity index (χ4n) is 3.34. The molecule has 2 heterocycles. The summed E-state index contributed by atoms with van der Waals surface area (Å²) in [6, 6.07) is 7.17. The minimum absolute atomic E-state index is 0.0638. The third kappa shape index (κ3) is 3.78. The summed E-state index contributed by atoms with van der Waals surface area (Å²) in [4.78, 5) is 31.1.